The lowest BCUT2D eigenvalue weighted by molar-refractivity contribution is 0.339. The molecule has 1 atom stereocenters. The average Bonchev–Trinajstić information content (AvgIpc) is 3.08. The second-order valence-corrected chi connectivity index (χ2v) is 5.69. The molecule has 0 bridgehead atoms. The molecule has 1 aliphatic carbocycles. The Labute approximate surface area is 126 Å². The molecule has 1 aliphatic rings. The van der Waals surface area contributed by atoms with E-state index in [2.05, 4.69) is 41.6 Å². The Bertz CT molecular complexity index is 595. The van der Waals surface area contributed by atoms with Crippen molar-refractivity contribution in [3.05, 3.63) is 47.3 Å². The molecule has 0 aliphatic heterocycles. The third-order valence-corrected chi connectivity index (χ3v) is 4.44. The van der Waals surface area contributed by atoms with Crippen molar-refractivity contribution in [2.24, 2.45) is 13.0 Å². The van der Waals surface area contributed by atoms with Gasteiger partial charge in [0.2, 0.25) is 0 Å². The molecule has 1 aromatic heterocycles. The van der Waals surface area contributed by atoms with E-state index in [4.69, 9.17) is 4.74 Å². The Morgan fingerprint density at radius 1 is 1.33 bits per heavy atom. The molecule has 2 aromatic rings. The topological polar surface area (TPSA) is 39.1 Å². The molecule has 0 spiro atoms. The smallest absolute Gasteiger partial charge is 0.161 e. The maximum atomic E-state index is 5.51. The lowest BCUT2D eigenvalue weighted by atomic mass is 9.93. The number of nitrogens with one attached hydrogen (secondary N) is 1. The summed E-state index contributed by atoms with van der Waals surface area (Å²) in [4.78, 5) is 0. The van der Waals surface area contributed by atoms with Crippen LogP contribution in [0.2, 0.25) is 0 Å². The van der Waals surface area contributed by atoms with E-state index in [0.717, 1.165) is 30.8 Å². The molecule has 1 unspecified atom stereocenters. The van der Waals surface area contributed by atoms with Gasteiger partial charge >= 0.3 is 0 Å². The maximum absolute atomic E-state index is 5.51. The van der Waals surface area contributed by atoms with Crippen molar-refractivity contribution >= 4 is 0 Å². The predicted octanol–water partition coefficient (Wildman–Crippen LogP) is 2.49. The molecule has 1 aromatic carbocycles. The fourth-order valence-electron chi connectivity index (χ4n) is 3.47. The molecular weight excluding hydrogens is 262 g/mol. The third-order valence-electron chi connectivity index (χ3n) is 4.44. The van der Waals surface area contributed by atoms with Crippen LogP contribution in [0, 0.1) is 5.92 Å². The molecule has 0 saturated heterocycles. The van der Waals surface area contributed by atoms with Crippen LogP contribution in [-0.4, -0.2) is 23.4 Å². The highest BCUT2D eigenvalue weighted by Gasteiger charge is 2.32. The van der Waals surface area contributed by atoms with Gasteiger partial charge in [0, 0.05) is 7.05 Å². The highest BCUT2D eigenvalue weighted by Crippen LogP contribution is 2.38. The van der Waals surface area contributed by atoms with Crippen LogP contribution >= 0.6 is 0 Å². The van der Waals surface area contributed by atoms with Gasteiger partial charge in [-0.25, -0.2) is 0 Å². The fourth-order valence-corrected chi connectivity index (χ4v) is 3.47. The SMILES string of the molecule is CCNC(c1c(OC)cnn1C)C1Cc2ccccc2C1. The molecule has 1 N–H and O–H groups in total. The maximum Gasteiger partial charge on any atom is 0.161 e. The van der Waals surface area contributed by atoms with Gasteiger partial charge in [0.05, 0.1) is 25.0 Å². The lowest BCUT2D eigenvalue weighted by Gasteiger charge is -2.25. The summed E-state index contributed by atoms with van der Waals surface area (Å²) in [6.07, 6.45) is 4.03. The zero-order valence-electron chi connectivity index (χ0n) is 13.0. The van der Waals surface area contributed by atoms with Gasteiger partial charge in [-0.05, 0) is 36.4 Å². The number of hydrogen-bond acceptors (Lipinski definition) is 3. The second-order valence-electron chi connectivity index (χ2n) is 5.69. The van der Waals surface area contributed by atoms with Crippen molar-refractivity contribution in [1.82, 2.24) is 15.1 Å². The van der Waals surface area contributed by atoms with Gasteiger partial charge in [0.15, 0.2) is 5.75 Å². The number of fused-ring (bicyclic) bond motifs is 1. The van der Waals surface area contributed by atoms with E-state index in [1.54, 1.807) is 7.11 Å². The van der Waals surface area contributed by atoms with Gasteiger partial charge in [0.25, 0.3) is 0 Å². The van der Waals surface area contributed by atoms with Crippen LogP contribution in [0.1, 0.15) is 29.8 Å². The molecule has 3 rings (SSSR count). The summed E-state index contributed by atoms with van der Waals surface area (Å²) in [7, 11) is 3.71. The van der Waals surface area contributed by atoms with E-state index in [-0.39, 0.29) is 6.04 Å². The van der Waals surface area contributed by atoms with Crippen LogP contribution in [0.4, 0.5) is 0 Å². The largest absolute Gasteiger partial charge is 0.493 e. The second kappa shape index (κ2) is 5.90. The van der Waals surface area contributed by atoms with Gasteiger partial charge in [-0.3, -0.25) is 4.68 Å². The van der Waals surface area contributed by atoms with E-state index >= 15 is 0 Å². The van der Waals surface area contributed by atoms with Crippen molar-refractivity contribution in [1.29, 1.82) is 0 Å². The minimum atomic E-state index is 0.268. The van der Waals surface area contributed by atoms with Crippen LogP contribution in [-0.2, 0) is 19.9 Å². The summed E-state index contributed by atoms with van der Waals surface area (Å²) < 4.78 is 7.45. The quantitative estimate of drug-likeness (QED) is 0.917. The molecule has 0 saturated carbocycles. The first kappa shape index (κ1) is 14.1. The van der Waals surface area contributed by atoms with E-state index in [1.165, 1.54) is 11.1 Å². The van der Waals surface area contributed by atoms with Gasteiger partial charge in [-0.15, -0.1) is 0 Å². The van der Waals surface area contributed by atoms with Gasteiger partial charge in [-0.1, -0.05) is 31.2 Å². The van der Waals surface area contributed by atoms with Crippen molar-refractivity contribution in [2.45, 2.75) is 25.8 Å². The number of nitrogens with zero attached hydrogens (tertiary/aromatic N) is 2. The molecule has 0 amide bonds. The Morgan fingerprint density at radius 2 is 2.00 bits per heavy atom. The van der Waals surface area contributed by atoms with E-state index < -0.39 is 0 Å². The normalized spacial score (nSPS) is 16.0. The summed E-state index contributed by atoms with van der Waals surface area (Å²) in [6, 6.07) is 9.03. The predicted molar refractivity (Wildman–Crippen MR) is 83.5 cm³/mol. The summed E-state index contributed by atoms with van der Waals surface area (Å²) >= 11 is 0. The average molecular weight is 285 g/mol. The lowest BCUT2D eigenvalue weighted by Crippen LogP contribution is -2.30. The number of rotatable bonds is 5. The molecule has 4 heteroatoms. The number of benzene rings is 1. The standard InChI is InChI=1S/C17H23N3O/c1-4-18-16(17-15(21-3)11-19-20(17)2)14-9-12-7-5-6-8-13(12)10-14/h5-8,11,14,16,18H,4,9-10H2,1-3H3. The van der Waals surface area contributed by atoms with Crippen molar-refractivity contribution in [2.75, 3.05) is 13.7 Å². The van der Waals surface area contributed by atoms with Crippen LogP contribution < -0.4 is 10.1 Å². The van der Waals surface area contributed by atoms with Crippen molar-refractivity contribution in [3.8, 4) is 5.75 Å². The summed E-state index contributed by atoms with van der Waals surface area (Å²) in [6.45, 7) is 3.09. The van der Waals surface area contributed by atoms with Crippen LogP contribution in [0.25, 0.3) is 0 Å². The van der Waals surface area contributed by atoms with Gasteiger partial charge in [-0.2, -0.15) is 5.10 Å². The third kappa shape index (κ3) is 2.56. The molecule has 112 valence electrons. The zero-order chi connectivity index (χ0) is 14.8. The Morgan fingerprint density at radius 3 is 2.57 bits per heavy atom. The molecule has 1 heterocycles. The number of ether oxygens (including phenoxy) is 1. The van der Waals surface area contributed by atoms with E-state index in [9.17, 15) is 0 Å². The van der Waals surface area contributed by atoms with Crippen LogP contribution in [0.3, 0.4) is 0 Å². The zero-order valence-corrected chi connectivity index (χ0v) is 13.0. The molecule has 4 nitrogen and oxygen atoms in total. The molecule has 0 radical (unpaired) electrons. The molecule has 21 heavy (non-hydrogen) atoms. The first-order valence-corrected chi connectivity index (χ1v) is 7.60. The first-order valence-electron chi connectivity index (χ1n) is 7.60. The highest BCUT2D eigenvalue weighted by molar-refractivity contribution is 5.35. The minimum absolute atomic E-state index is 0.268. The van der Waals surface area contributed by atoms with E-state index in [0.29, 0.717) is 5.92 Å². The Balaban J connectivity index is 1.91. The van der Waals surface area contributed by atoms with Crippen LogP contribution in [0.5, 0.6) is 5.75 Å². The number of aryl methyl sites for hydroxylation is 1. The fraction of sp³-hybridized carbons (Fsp3) is 0.471. The number of aromatic nitrogens is 2. The summed E-state index contributed by atoms with van der Waals surface area (Å²) in [5, 5.41) is 8.00. The monoisotopic (exact) mass is 285 g/mol. The van der Waals surface area contributed by atoms with E-state index in [1.807, 2.05) is 17.9 Å². The summed E-state index contributed by atoms with van der Waals surface area (Å²) in [5.74, 6) is 1.42. The first-order chi connectivity index (χ1) is 10.2. The molecular formula is C17H23N3O. The van der Waals surface area contributed by atoms with Crippen LogP contribution in [0.15, 0.2) is 30.5 Å². The van der Waals surface area contributed by atoms with Gasteiger partial charge < -0.3 is 10.1 Å². The van der Waals surface area contributed by atoms with Crippen molar-refractivity contribution in [3.63, 3.8) is 0 Å². The molecule has 0 fully saturated rings. The van der Waals surface area contributed by atoms with Crippen molar-refractivity contribution < 1.29 is 4.74 Å². The number of methoxy groups -OCH3 is 1. The Hall–Kier alpha value is -1.81. The minimum Gasteiger partial charge on any atom is -0.493 e. The summed E-state index contributed by atoms with van der Waals surface area (Å²) in [5.41, 5.74) is 4.11. The van der Waals surface area contributed by atoms with Gasteiger partial charge in [0.1, 0.15) is 0 Å². The highest BCUT2D eigenvalue weighted by atomic mass is 16.5. The number of hydrogen-bond donors (Lipinski definition) is 1. The Kier molecular flexibility index (Phi) is 3.97.